The molecule has 138 valence electrons. The predicted molar refractivity (Wildman–Crippen MR) is 107 cm³/mol. The molecule has 5 nitrogen and oxygen atoms in total. The zero-order chi connectivity index (χ0) is 18.6. The summed E-state index contributed by atoms with van der Waals surface area (Å²) < 4.78 is 0. The number of hydrogen-bond donors (Lipinski definition) is 0. The number of carbonyl (C=O) groups is 1. The van der Waals surface area contributed by atoms with E-state index in [1.54, 1.807) is 0 Å². The topological polar surface area (TPSA) is 49.3 Å². The highest BCUT2D eigenvalue weighted by molar-refractivity contribution is 5.96. The molecule has 1 aromatic carbocycles. The van der Waals surface area contributed by atoms with Crippen LogP contribution in [0, 0.1) is 6.92 Å². The van der Waals surface area contributed by atoms with E-state index in [9.17, 15) is 4.79 Å². The highest BCUT2D eigenvalue weighted by Gasteiger charge is 2.22. The first kappa shape index (κ1) is 17.6. The maximum Gasteiger partial charge on any atom is 0.272 e. The molecule has 4 rings (SSSR count). The van der Waals surface area contributed by atoms with E-state index >= 15 is 0 Å². The fourth-order valence-electron chi connectivity index (χ4n) is 3.67. The number of para-hydroxylation sites is 1. The first-order valence-corrected chi connectivity index (χ1v) is 9.48. The molecule has 0 unspecified atom stereocenters. The van der Waals surface area contributed by atoms with Crippen LogP contribution in [0.3, 0.4) is 0 Å². The molecule has 1 amide bonds. The zero-order valence-electron chi connectivity index (χ0n) is 15.6. The SMILES string of the molecule is Cc1cc(C(=O)N2CCCN(Cc3ccccn3)CC2)nc2ccccc12. The summed E-state index contributed by atoms with van der Waals surface area (Å²) >= 11 is 0. The van der Waals surface area contributed by atoms with Crippen molar-refractivity contribution in [3.63, 3.8) is 0 Å². The Labute approximate surface area is 159 Å². The van der Waals surface area contributed by atoms with Crippen LogP contribution in [-0.4, -0.2) is 51.9 Å². The summed E-state index contributed by atoms with van der Waals surface area (Å²) in [6, 6.07) is 15.9. The van der Waals surface area contributed by atoms with Crippen LogP contribution in [0.5, 0.6) is 0 Å². The summed E-state index contributed by atoms with van der Waals surface area (Å²) in [5, 5.41) is 1.10. The normalized spacial score (nSPS) is 15.7. The van der Waals surface area contributed by atoms with Gasteiger partial charge in [0.1, 0.15) is 5.69 Å². The van der Waals surface area contributed by atoms with Crippen molar-refractivity contribution in [2.45, 2.75) is 19.9 Å². The average molecular weight is 360 g/mol. The number of hydrogen-bond acceptors (Lipinski definition) is 4. The smallest absolute Gasteiger partial charge is 0.272 e. The van der Waals surface area contributed by atoms with Crippen LogP contribution in [-0.2, 0) is 6.54 Å². The molecule has 0 bridgehead atoms. The predicted octanol–water partition coefficient (Wildman–Crippen LogP) is 3.29. The Balaban J connectivity index is 1.47. The van der Waals surface area contributed by atoms with Crippen molar-refractivity contribution >= 4 is 16.8 Å². The number of rotatable bonds is 3. The Morgan fingerprint density at radius 1 is 1.04 bits per heavy atom. The van der Waals surface area contributed by atoms with Crippen molar-refractivity contribution in [1.82, 2.24) is 19.8 Å². The van der Waals surface area contributed by atoms with Gasteiger partial charge in [0.15, 0.2) is 0 Å². The van der Waals surface area contributed by atoms with Gasteiger partial charge in [-0.2, -0.15) is 0 Å². The van der Waals surface area contributed by atoms with Crippen LogP contribution in [0.25, 0.3) is 10.9 Å². The monoisotopic (exact) mass is 360 g/mol. The Hall–Kier alpha value is -2.79. The minimum absolute atomic E-state index is 0.0311. The number of nitrogens with zero attached hydrogens (tertiary/aromatic N) is 4. The maximum atomic E-state index is 13.0. The standard InChI is InChI=1S/C22H24N4O/c1-17-15-21(24-20-9-3-2-8-19(17)20)22(27)26-12-6-11-25(13-14-26)16-18-7-4-5-10-23-18/h2-5,7-10,15H,6,11-14,16H2,1H3. The van der Waals surface area contributed by atoms with E-state index in [-0.39, 0.29) is 5.91 Å². The Kier molecular flexibility index (Phi) is 5.12. The lowest BCUT2D eigenvalue weighted by molar-refractivity contribution is 0.0755. The van der Waals surface area contributed by atoms with E-state index < -0.39 is 0 Å². The van der Waals surface area contributed by atoms with E-state index in [1.807, 2.05) is 60.5 Å². The summed E-state index contributed by atoms with van der Waals surface area (Å²) in [7, 11) is 0. The molecule has 27 heavy (non-hydrogen) atoms. The zero-order valence-corrected chi connectivity index (χ0v) is 15.6. The minimum Gasteiger partial charge on any atom is -0.336 e. The molecule has 1 fully saturated rings. The molecule has 0 radical (unpaired) electrons. The van der Waals surface area contributed by atoms with Crippen molar-refractivity contribution in [2.24, 2.45) is 0 Å². The molecule has 1 saturated heterocycles. The minimum atomic E-state index is 0.0311. The number of pyridine rings is 2. The highest BCUT2D eigenvalue weighted by Crippen LogP contribution is 2.19. The summed E-state index contributed by atoms with van der Waals surface area (Å²) in [5.74, 6) is 0.0311. The van der Waals surface area contributed by atoms with Gasteiger partial charge in [0.2, 0.25) is 0 Å². The Bertz CT molecular complexity index is 941. The molecule has 0 N–H and O–H groups in total. The quantitative estimate of drug-likeness (QED) is 0.719. The molecule has 0 aliphatic carbocycles. The molecule has 5 heteroatoms. The third-order valence-corrected chi connectivity index (χ3v) is 5.13. The molecule has 2 aromatic heterocycles. The van der Waals surface area contributed by atoms with Gasteiger partial charge in [-0.25, -0.2) is 4.98 Å². The van der Waals surface area contributed by atoms with Crippen molar-refractivity contribution in [3.8, 4) is 0 Å². The lowest BCUT2D eigenvalue weighted by Gasteiger charge is -2.22. The number of fused-ring (bicyclic) bond motifs is 1. The van der Waals surface area contributed by atoms with E-state index in [4.69, 9.17) is 0 Å². The van der Waals surface area contributed by atoms with Crippen LogP contribution in [0.15, 0.2) is 54.7 Å². The van der Waals surface area contributed by atoms with Crippen molar-refractivity contribution in [3.05, 3.63) is 71.7 Å². The van der Waals surface area contributed by atoms with Crippen LogP contribution < -0.4 is 0 Å². The van der Waals surface area contributed by atoms with Gasteiger partial charge in [-0.3, -0.25) is 14.7 Å². The summed E-state index contributed by atoms with van der Waals surface area (Å²) in [6.07, 6.45) is 2.79. The number of aryl methyl sites for hydroxylation is 1. The van der Waals surface area contributed by atoms with Crippen molar-refractivity contribution in [2.75, 3.05) is 26.2 Å². The van der Waals surface area contributed by atoms with E-state index in [0.717, 1.165) is 61.3 Å². The van der Waals surface area contributed by atoms with Crippen LogP contribution in [0.1, 0.15) is 28.2 Å². The lowest BCUT2D eigenvalue weighted by atomic mass is 10.1. The van der Waals surface area contributed by atoms with Crippen LogP contribution >= 0.6 is 0 Å². The molecule has 3 heterocycles. The van der Waals surface area contributed by atoms with Crippen molar-refractivity contribution < 1.29 is 4.79 Å². The van der Waals surface area contributed by atoms with Gasteiger partial charge in [-0.15, -0.1) is 0 Å². The Morgan fingerprint density at radius 2 is 1.89 bits per heavy atom. The Morgan fingerprint density at radius 3 is 2.74 bits per heavy atom. The number of aromatic nitrogens is 2. The summed E-state index contributed by atoms with van der Waals surface area (Å²) in [5.41, 5.74) is 3.59. The first-order chi connectivity index (χ1) is 13.2. The third-order valence-electron chi connectivity index (χ3n) is 5.13. The van der Waals surface area contributed by atoms with Gasteiger partial charge >= 0.3 is 0 Å². The van der Waals surface area contributed by atoms with Gasteiger partial charge < -0.3 is 4.90 Å². The van der Waals surface area contributed by atoms with Gasteiger partial charge in [0, 0.05) is 44.3 Å². The molecule has 0 spiro atoms. The highest BCUT2D eigenvalue weighted by atomic mass is 16.2. The number of amides is 1. The molecule has 0 saturated carbocycles. The number of benzene rings is 1. The largest absolute Gasteiger partial charge is 0.336 e. The second-order valence-electron chi connectivity index (χ2n) is 7.08. The molecular weight excluding hydrogens is 336 g/mol. The van der Waals surface area contributed by atoms with Crippen molar-refractivity contribution in [1.29, 1.82) is 0 Å². The lowest BCUT2D eigenvalue weighted by Crippen LogP contribution is -2.35. The third kappa shape index (κ3) is 3.98. The average Bonchev–Trinajstić information content (AvgIpc) is 2.94. The van der Waals surface area contributed by atoms with E-state index in [2.05, 4.69) is 20.9 Å². The van der Waals surface area contributed by atoms with Gasteiger partial charge in [0.25, 0.3) is 5.91 Å². The second kappa shape index (κ2) is 7.84. The van der Waals surface area contributed by atoms with E-state index in [0.29, 0.717) is 5.69 Å². The molecule has 0 atom stereocenters. The van der Waals surface area contributed by atoms with Crippen LogP contribution in [0.2, 0.25) is 0 Å². The summed E-state index contributed by atoms with van der Waals surface area (Å²) in [4.78, 5) is 26.4. The van der Waals surface area contributed by atoms with Gasteiger partial charge in [0.05, 0.1) is 11.2 Å². The molecule has 1 aliphatic rings. The van der Waals surface area contributed by atoms with E-state index in [1.165, 1.54) is 0 Å². The second-order valence-corrected chi connectivity index (χ2v) is 7.08. The molecule has 1 aliphatic heterocycles. The van der Waals surface area contributed by atoms with Crippen LogP contribution in [0.4, 0.5) is 0 Å². The first-order valence-electron chi connectivity index (χ1n) is 9.48. The maximum absolute atomic E-state index is 13.0. The van der Waals surface area contributed by atoms with Gasteiger partial charge in [-0.05, 0) is 43.2 Å². The molecular formula is C22H24N4O. The number of carbonyl (C=O) groups excluding carboxylic acids is 1. The molecule has 3 aromatic rings. The fraction of sp³-hybridized carbons (Fsp3) is 0.318. The summed E-state index contributed by atoms with van der Waals surface area (Å²) in [6.45, 7) is 6.19. The van der Waals surface area contributed by atoms with Gasteiger partial charge in [-0.1, -0.05) is 24.3 Å². The fourth-order valence-corrected chi connectivity index (χ4v) is 3.67.